The molecule has 204 valence electrons. The van der Waals surface area contributed by atoms with Crippen molar-refractivity contribution in [3.63, 3.8) is 0 Å². The topological polar surface area (TPSA) is 76.1 Å². The van der Waals surface area contributed by atoms with Crippen molar-refractivity contribution < 1.29 is 24.2 Å². The second-order valence-corrected chi connectivity index (χ2v) is 12.8. The fourth-order valence-electron chi connectivity index (χ4n) is 6.43. The number of carboxylic acid groups (broad SMARTS) is 1. The van der Waals surface area contributed by atoms with E-state index in [-0.39, 0.29) is 17.8 Å². The van der Waals surface area contributed by atoms with Crippen molar-refractivity contribution in [2.24, 2.45) is 11.8 Å². The van der Waals surface area contributed by atoms with E-state index in [4.69, 9.17) is 21.1 Å². The molecule has 2 aromatic carbocycles. The van der Waals surface area contributed by atoms with Gasteiger partial charge in [-0.15, -0.1) is 0 Å². The van der Waals surface area contributed by atoms with Crippen molar-refractivity contribution in [2.45, 2.75) is 76.7 Å². The molecule has 1 heterocycles. The molecule has 7 heteroatoms. The van der Waals surface area contributed by atoms with Crippen molar-refractivity contribution in [3.8, 4) is 5.75 Å². The van der Waals surface area contributed by atoms with Gasteiger partial charge >= 0.3 is 11.9 Å². The van der Waals surface area contributed by atoms with E-state index in [0.29, 0.717) is 30.4 Å². The number of aliphatic carboxylic acids is 1. The van der Waals surface area contributed by atoms with Gasteiger partial charge in [-0.3, -0.25) is 4.79 Å². The summed E-state index contributed by atoms with van der Waals surface area (Å²) in [6.45, 7) is 7.75. The molecule has 38 heavy (non-hydrogen) atoms. The van der Waals surface area contributed by atoms with Crippen molar-refractivity contribution in [1.82, 2.24) is 0 Å². The zero-order valence-corrected chi connectivity index (χ0v) is 23.4. The van der Waals surface area contributed by atoms with Crippen LogP contribution in [0.5, 0.6) is 5.75 Å². The SMILES string of the molecule is CC(C)(C)OC(=O)c1ccc2c(c1)N(C[C@@H]1CC[C@H]1CCC(=O)O)C[C@@]1(CCCc3cc(Cl)ccc31)CO2. The smallest absolute Gasteiger partial charge is 0.338 e. The summed E-state index contributed by atoms with van der Waals surface area (Å²) in [5, 5.41) is 9.98. The van der Waals surface area contributed by atoms with Gasteiger partial charge in [0.15, 0.2) is 0 Å². The summed E-state index contributed by atoms with van der Waals surface area (Å²) < 4.78 is 12.2. The third-order valence-corrected chi connectivity index (χ3v) is 8.67. The lowest BCUT2D eigenvalue weighted by atomic mass is 9.69. The van der Waals surface area contributed by atoms with Crippen LogP contribution in [-0.2, 0) is 21.4 Å². The molecule has 1 saturated carbocycles. The van der Waals surface area contributed by atoms with Crippen LogP contribution >= 0.6 is 11.6 Å². The van der Waals surface area contributed by atoms with E-state index in [1.54, 1.807) is 6.07 Å². The molecule has 1 fully saturated rings. The monoisotopic (exact) mass is 539 g/mol. The van der Waals surface area contributed by atoms with E-state index in [1.807, 2.05) is 39.0 Å². The zero-order chi connectivity index (χ0) is 27.1. The third kappa shape index (κ3) is 5.66. The van der Waals surface area contributed by atoms with Crippen molar-refractivity contribution >= 4 is 29.2 Å². The number of anilines is 1. The lowest BCUT2D eigenvalue weighted by Gasteiger charge is -2.44. The quantitative estimate of drug-likeness (QED) is 0.414. The lowest BCUT2D eigenvalue weighted by Crippen LogP contribution is -2.48. The molecule has 0 radical (unpaired) electrons. The predicted molar refractivity (Wildman–Crippen MR) is 148 cm³/mol. The van der Waals surface area contributed by atoms with Gasteiger partial charge in [-0.05, 0) is 113 Å². The van der Waals surface area contributed by atoms with Crippen LogP contribution in [0.25, 0.3) is 0 Å². The number of hydrogen-bond donors (Lipinski definition) is 1. The average Bonchev–Trinajstić information content (AvgIpc) is 2.98. The predicted octanol–water partition coefficient (Wildman–Crippen LogP) is 6.66. The van der Waals surface area contributed by atoms with E-state index in [0.717, 1.165) is 61.7 Å². The molecule has 1 N–H and O–H groups in total. The first-order chi connectivity index (χ1) is 18.0. The van der Waals surface area contributed by atoms with Crippen LogP contribution in [0.4, 0.5) is 5.69 Å². The fraction of sp³-hybridized carbons (Fsp3) is 0.548. The second kappa shape index (κ2) is 10.4. The summed E-state index contributed by atoms with van der Waals surface area (Å²) in [5.74, 6) is 0.510. The van der Waals surface area contributed by atoms with Crippen LogP contribution in [0.2, 0.25) is 5.02 Å². The first-order valence-corrected chi connectivity index (χ1v) is 14.2. The highest BCUT2D eigenvalue weighted by molar-refractivity contribution is 6.30. The molecule has 2 aliphatic carbocycles. The number of ether oxygens (including phenoxy) is 2. The highest BCUT2D eigenvalue weighted by Gasteiger charge is 2.43. The van der Waals surface area contributed by atoms with Crippen molar-refractivity contribution in [2.75, 3.05) is 24.6 Å². The van der Waals surface area contributed by atoms with E-state index < -0.39 is 11.6 Å². The number of fused-ring (bicyclic) bond motifs is 3. The number of hydrogen-bond acceptors (Lipinski definition) is 5. The van der Waals surface area contributed by atoms with E-state index in [2.05, 4.69) is 17.0 Å². The maximum absolute atomic E-state index is 13.0. The molecule has 1 aliphatic heterocycles. The Kier molecular flexibility index (Phi) is 7.38. The Bertz CT molecular complexity index is 1220. The van der Waals surface area contributed by atoms with E-state index in [9.17, 15) is 14.7 Å². The maximum Gasteiger partial charge on any atom is 0.338 e. The first-order valence-electron chi connectivity index (χ1n) is 13.8. The van der Waals surface area contributed by atoms with Crippen LogP contribution in [0.15, 0.2) is 36.4 Å². The molecule has 3 atom stereocenters. The zero-order valence-electron chi connectivity index (χ0n) is 22.6. The van der Waals surface area contributed by atoms with Gasteiger partial charge in [0.1, 0.15) is 11.4 Å². The first kappa shape index (κ1) is 26.9. The van der Waals surface area contributed by atoms with Gasteiger partial charge in [-0.2, -0.15) is 0 Å². The van der Waals surface area contributed by atoms with Gasteiger partial charge in [0.05, 0.1) is 17.9 Å². The number of rotatable bonds is 6. The number of benzene rings is 2. The number of carbonyl (C=O) groups excluding carboxylic acids is 1. The molecule has 3 aliphatic rings. The molecular formula is C31H38ClNO5. The largest absolute Gasteiger partial charge is 0.490 e. The summed E-state index contributed by atoms with van der Waals surface area (Å²) in [5.41, 5.74) is 3.24. The number of carboxylic acids is 1. The van der Waals surface area contributed by atoms with Crippen molar-refractivity contribution in [3.05, 3.63) is 58.1 Å². The Morgan fingerprint density at radius 1 is 1.16 bits per heavy atom. The molecule has 0 aromatic heterocycles. The van der Waals surface area contributed by atoms with Gasteiger partial charge in [0, 0.05) is 29.9 Å². The van der Waals surface area contributed by atoms with Gasteiger partial charge < -0.3 is 19.5 Å². The van der Waals surface area contributed by atoms with Gasteiger partial charge in [0.2, 0.25) is 0 Å². The Balaban J connectivity index is 1.50. The average molecular weight is 540 g/mol. The lowest BCUT2D eigenvalue weighted by molar-refractivity contribution is -0.137. The molecule has 0 bridgehead atoms. The molecule has 0 amide bonds. The van der Waals surface area contributed by atoms with Gasteiger partial charge in [0.25, 0.3) is 0 Å². The summed E-state index contributed by atoms with van der Waals surface area (Å²) in [6.07, 6.45) is 6.16. The number of halogens is 1. The maximum atomic E-state index is 13.0. The van der Waals surface area contributed by atoms with Crippen LogP contribution in [0.1, 0.15) is 80.8 Å². The van der Waals surface area contributed by atoms with Gasteiger partial charge in [-0.1, -0.05) is 17.7 Å². The van der Waals surface area contributed by atoms with Crippen LogP contribution < -0.4 is 9.64 Å². The van der Waals surface area contributed by atoms with Gasteiger partial charge in [-0.25, -0.2) is 4.79 Å². The van der Waals surface area contributed by atoms with Crippen LogP contribution in [0, 0.1) is 11.8 Å². The molecule has 5 rings (SSSR count). The fourth-order valence-corrected chi connectivity index (χ4v) is 6.62. The molecule has 0 unspecified atom stereocenters. The van der Waals surface area contributed by atoms with Crippen LogP contribution in [-0.4, -0.2) is 42.3 Å². The van der Waals surface area contributed by atoms with Crippen molar-refractivity contribution in [1.29, 1.82) is 0 Å². The third-order valence-electron chi connectivity index (χ3n) is 8.43. The number of carbonyl (C=O) groups is 2. The summed E-state index contributed by atoms with van der Waals surface area (Å²) >= 11 is 6.37. The normalized spacial score (nSPS) is 24.5. The highest BCUT2D eigenvalue weighted by atomic mass is 35.5. The Labute approximate surface area is 230 Å². The number of aryl methyl sites for hydroxylation is 1. The molecule has 6 nitrogen and oxygen atoms in total. The Morgan fingerprint density at radius 3 is 2.66 bits per heavy atom. The van der Waals surface area contributed by atoms with Crippen LogP contribution in [0.3, 0.4) is 0 Å². The minimum Gasteiger partial charge on any atom is -0.490 e. The molecule has 1 spiro atoms. The minimum atomic E-state index is -0.734. The number of nitrogens with zero attached hydrogens (tertiary/aromatic N) is 1. The molecule has 0 saturated heterocycles. The van der Waals surface area contributed by atoms with E-state index in [1.165, 1.54) is 11.1 Å². The number of esters is 1. The standard InChI is InChI=1S/C31H38ClNO5/c1-30(2,3)38-29(36)22-8-12-27-26(16-22)33(17-23-7-6-20(23)9-13-28(34)35)18-31(19-37-27)14-4-5-21-15-24(32)10-11-25(21)31/h8,10-12,15-16,20,23H,4-7,9,13-14,17-19H2,1-3H3,(H,34,35)/t20-,23-,31-/m0/s1. The summed E-state index contributed by atoms with van der Waals surface area (Å²) in [6, 6.07) is 11.8. The summed E-state index contributed by atoms with van der Waals surface area (Å²) in [7, 11) is 0. The Morgan fingerprint density at radius 2 is 1.95 bits per heavy atom. The second-order valence-electron chi connectivity index (χ2n) is 12.3. The Hall–Kier alpha value is -2.73. The summed E-state index contributed by atoms with van der Waals surface area (Å²) in [4.78, 5) is 26.6. The molecular weight excluding hydrogens is 502 g/mol. The minimum absolute atomic E-state index is 0.191. The molecule has 2 aromatic rings. The highest BCUT2D eigenvalue weighted by Crippen LogP contribution is 2.46. The van der Waals surface area contributed by atoms with E-state index >= 15 is 0 Å².